The first-order chi connectivity index (χ1) is 9.93. The van der Waals surface area contributed by atoms with Crippen LogP contribution in [0.1, 0.15) is 29.8 Å². The third kappa shape index (κ3) is 3.19. The lowest BCUT2D eigenvalue weighted by Gasteiger charge is -2.13. The number of aryl methyl sites for hydroxylation is 1. The highest BCUT2D eigenvalue weighted by atomic mass is 32.1. The minimum atomic E-state index is -0.151. The summed E-state index contributed by atoms with van der Waals surface area (Å²) in [7, 11) is 1.62. The van der Waals surface area contributed by atoms with Crippen LogP contribution in [0.3, 0.4) is 0 Å². The second-order valence-electron chi connectivity index (χ2n) is 5.22. The number of nitrogens with two attached hydrogens (primary N) is 1. The van der Waals surface area contributed by atoms with Crippen LogP contribution in [-0.4, -0.2) is 19.1 Å². The molecule has 0 saturated heterocycles. The Morgan fingerprint density at radius 2 is 2.05 bits per heavy atom. The van der Waals surface area contributed by atoms with E-state index in [1.165, 1.54) is 11.3 Å². The van der Waals surface area contributed by atoms with E-state index in [0.717, 1.165) is 22.4 Å². The largest absolute Gasteiger partial charge is 0.496 e. The van der Waals surface area contributed by atoms with Crippen molar-refractivity contribution in [2.24, 2.45) is 0 Å². The fourth-order valence-electron chi connectivity index (χ4n) is 2.17. The monoisotopic (exact) mass is 304 g/mol. The van der Waals surface area contributed by atoms with E-state index in [9.17, 15) is 4.79 Å². The predicted octanol–water partition coefficient (Wildman–Crippen LogP) is 3.45. The third-order valence-corrected chi connectivity index (χ3v) is 3.92. The van der Waals surface area contributed by atoms with E-state index in [2.05, 4.69) is 5.32 Å². The van der Waals surface area contributed by atoms with E-state index in [0.29, 0.717) is 10.6 Å². The van der Waals surface area contributed by atoms with Crippen molar-refractivity contribution in [2.45, 2.75) is 26.8 Å². The SMILES string of the molecule is COc1ccc(C)cc1-c1csc(N)c1C(=O)NC(C)C. The normalized spacial score (nSPS) is 10.7. The van der Waals surface area contributed by atoms with E-state index < -0.39 is 0 Å². The number of nitrogens with one attached hydrogen (secondary N) is 1. The van der Waals surface area contributed by atoms with E-state index in [1.807, 2.05) is 44.4 Å². The molecule has 0 aliphatic heterocycles. The quantitative estimate of drug-likeness (QED) is 0.909. The van der Waals surface area contributed by atoms with Crippen molar-refractivity contribution >= 4 is 22.2 Å². The van der Waals surface area contributed by atoms with Crippen molar-refractivity contribution in [3.05, 3.63) is 34.7 Å². The molecule has 3 N–H and O–H groups in total. The van der Waals surface area contributed by atoms with Gasteiger partial charge in [0.05, 0.1) is 17.7 Å². The molecule has 0 bridgehead atoms. The Labute approximate surface area is 128 Å². The van der Waals surface area contributed by atoms with Crippen molar-refractivity contribution in [3.8, 4) is 16.9 Å². The minimum Gasteiger partial charge on any atom is -0.496 e. The molecule has 2 rings (SSSR count). The third-order valence-electron chi connectivity index (χ3n) is 3.11. The second-order valence-corrected chi connectivity index (χ2v) is 6.13. The summed E-state index contributed by atoms with van der Waals surface area (Å²) < 4.78 is 5.41. The lowest BCUT2D eigenvalue weighted by molar-refractivity contribution is 0.0945. The molecule has 0 aliphatic rings. The Morgan fingerprint density at radius 3 is 2.67 bits per heavy atom. The first kappa shape index (κ1) is 15.4. The highest BCUT2D eigenvalue weighted by molar-refractivity contribution is 7.15. The number of carbonyl (C=O) groups excluding carboxylic acids is 1. The molecule has 0 aliphatic carbocycles. The van der Waals surface area contributed by atoms with Gasteiger partial charge in [0, 0.05) is 22.5 Å². The van der Waals surface area contributed by atoms with E-state index in [-0.39, 0.29) is 11.9 Å². The number of carbonyl (C=O) groups is 1. The lowest BCUT2D eigenvalue weighted by atomic mass is 10.0. The highest BCUT2D eigenvalue weighted by Crippen LogP contribution is 2.38. The second kappa shape index (κ2) is 6.18. The Balaban J connectivity index is 2.56. The van der Waals surface area contributed by atoms with Crippen LogP contribution in [0.2, 0.25) is 0 Å². The maximum Gasteiger partial charge on any atom is 0.255 e. The molecule has 4 nitrogen and oxygen atoms in total. The Kier molecular flexibility index (Phi) is 4.53. The standard InChI is InChI=1S/C16H20N2O2S/c1-9(2)18-16(19)14-12(8-21-15(14)17)11-7-10(3)5-6-13(11)20-4/h5-9H,17H2,1-4H3,(H,18,19). The number of methoxy groups -OCH3 is 1. The van der Waals surface area contributed by atoms with Gasteiger partial charge in [-0.2, -0.15) is 0 Å². The molecule has 1 aromatic heterocycles. The zero-order valence-electron chi connectivity index (χ0n) is 12.7. The first-order valence-electron chi connectivity index (χ1n) is 6.77. The molecule has 0 spiro atoms. The summed E-state index contributed by atoms with van der Waals surface area (Å²) in [5.41, 5.74) is 9.33. The van der Waals surface area contributed by atoms with Crippen molar-refractivity contribution in [2.75, 3.05) is 12.8 Å². The number of anilines is 1. The molecule has 0 radical (unpaired) electrons. The van der Waals surface area contributed by atoms with Crippen LogP contribution in [0.25, 0.3) is 11.1 Å². The summed E-state index contributed by atoms with van der Waals surface area (Å²) in [6, 6.07) is 5.95. The smallest absolute Gasteiger partial charge is 0.255 e. The number of rotatable bonds is 4. The summed E-state index contributed by atoms with van der Waals surface area (Å²) in [5, 5.41) is 5.32. The number of ether oxygens (including phenoxy) is 1. The molecule has 0 saturated carbocycles. The topological polar surface area (TPSA) is 64.3 Å². The van der Waals surface area contributed by atoms with Crippen LogP contribution < -0.4 is 15.8 Å². The van der Waals surface area contributed by atoms with Gasteiger partial charge in [0.15, 0.2) is 0 Å². The number of thiophene rings is 1. The van der Waals surface area contributed by atoms with Gasteiger partial charge in [0.2, 0.25) is 0 Å². The van der Waals surface area contributed by atoms with Crippen LogP contribution in [0, 0.1) is 6.92 Å². The van der Waals surface area contributed by atoms with Gasteiger partial charge in [-0.25, -0.2) is 0 Å². The molecule has 21 heavy (non-hydrogen) atoms. The van der Waals surface area contributed by atoms with Gasteiger partial charge in [-0.3, -0.25) is 4.79 Å². The average Bonchev–Trinajstić information content (AvgIpc) is 2.79. The van der Waals surface area contributed by atoms with Crippen molar-refractivity contribution in [3.63, 3.8) is 0 Å². The molecule has 5 heteroatoms. The fraction of sp³-hybridized carbons (Fsp3) is 0.312. The minimum absolute atomic E-state index is 0.0593. The summed E-state index contributed by atoms with van der Waals surface area (Å²) >= 11 is 1.37. The maximum absolute atomic E-state index is 12.4. The number of nitrogen functional groups attached to an aromatic ring is 1. The van der Waals surface area contributed by atoms with Gasteiger partial charge in [0.25, 0.3) is 5.91 Å². The highest BCUT2D eigenvalue weighted by Gasteiger charge is 2.21. The van der Waals surface area contributed by atoms with Gasteiger partial charge in [0.1, 0.15) is 5.75 Å². The molecule has 1 aromatic carbocycles. The molecule has 1 heterocycles. The van der Waals surface area contributed by atoms with Crippen LogP contribution in [-0.2, 0) is 0 Å². The van der Waals surface area contributed by atoms with Gasteiger partial charge >= 0.3 is 0 Å². The Bertz CT molecular complexity index is 662. The summed E-state index contributed by atoms with van der Waals surface area (Å²) in [4.78, 5) is 12.4. The van der Waals surface area contributed by atoms with Crippen molar-refractivity contribution in [1.29, 1.82) is 0 Å². The average molecular weight is 304 g/mol. The first-order valence-corrected chi connectivity index (χ1v) is 7.64. The number of hydrogen-bond acceptors (Lipinski definition) is 4. The molecular formula is C16H20N2O2S. The van der Waals surface area contributed by atoms with Gasteiger partial charge in [-0.1, -0.05) is 11.6 Å². The van der Waals surface area contributed by atoms with Crippen molar-refractivity contribution in [1.82, 2.24) is 5.32 Å². The zero-order chi connectivity index (χ0) is 15.6. The van der Waals surface area contributed by atoms with E-state index in [1.54, 1.807) is 7.11 Å². The van der Waals surface area contributed by atoms with E-state index in [4.69, 9.17) is 10.5 Å². The molecule has 1 amide bonds. The summed E-state index contributed by atoms with van der Waals surface area (Å²) in [6.45, 7) is 5.85. The zero-order valence-corrected chi connectivity index (χ0v) is 13.5. The van der Waals surface area contributed by atoms with Crippen LogP contribution in [0.15, 0.2) is 23.6 Å². The Morgan fingerprint density at radius 1 is 1.33 bits per heavy atom. The Hall–Kier alpha value is -2.01. The van der Waals surface area contributed by atoms with Crippen molar-refractivity contribution < 1.29 is 9.53 Å². The maximum atomic E-state index is 12.4. The molecule has 0 unspecified atom stereocenters. The van der Waals surface area contributed by atoms with Gasteiger partial charge < -0.3 is 15.8 Å². The molecule has 0 atom stereocenters. The molecular weight excluding hydrogens is 284 g/mol. The fourth-order valence-corrected chi connectivity index (χ4v) is 2.98. The van der Waals surface area contributed by atoms with E-state index >= 15 is 0 Å². The number of amides is 1. The van der Waals surface area contributed by atoms with Crippen LogP contribution >= 0.6 is 11.3 Å². The molecule has 2 aromatic rings. The molecule has 0 fully saturated rings. The summed E-state index contributed by atoms with van der Waals surface area (Å²) in [5.74, 6) is 0.583. The van der Waals surface area contributed by atoms with Gasteiger partial charge in [-0.15, -0.1) is 11.3 Å². The number of benzene rings is 1. The number of hydrogen-bond donors (Lipinski definition) is 2. The predicted molar refractivity (Wildman–Crippen MR) is 88.1 cm³/mol. The van der Waals surface area contributed by atoms with Crippen LogP contribution in [0.5, 0.6) is 5.75 Å². The molecule has 112 valence electrons. The summed E-state index contributed by atoms with van der Waals surface area (Å²) in [6.07, 6.45) is 0. The lowest BCUT2D eigenvalue weighted by Crippen LogP contribution is -2.30. The van der Waals surface area contributed by atoms with Crippen LogP contribution in [0.4, 0.5) is 5.00 Å². The van der Waals surface area contributed by atoms with Gasteiger partial charge in [-0.05, 0) is 32.9 Å².